The zero-order valence-corrected chi connectivity index (χ0v) is 13.2. The van der Waals surface area contributed by atoms with Gasteiger partial charge in [0.25, 0.3) is 5.91 Å². The molecule has 0 bridgehead atoms. The Hall–Kier alpha value is -2.00. The minimum absolute atomic E-state index is 0.0180. The van der Waals surface area contributed by atoms with Crippen LogP contribution in [0.1, 0.15) is 18.1 Å². The van der Waals surface area contributed by atoms with Crippen molar-refractivity contribution in [2.45, 2.75) is 26.0 Å². The molecular formula is C18H18ClNO2. The minimum Gasteiger partial charge on any atom is -0.481 e. The van der Waals surface area contributed by atoms with Crippen molar-refractivity contribution < 1.29 is 9.53 Å². The molecule has 0 saturated heterocycles. The Kier molecular flexibility index (Phi) is 4.34. The number of halogens is 1. The molecule has 114 valence electrons. The van der Waals surface area contributed by atoms with Gasteiger partial charge in [-0.3, -0.25) is 4.79 Å². The SMILES string of the molecule is CC(Oc1ccc(Cl)cc1)C(=O)N1CCc2ccccc2C1. The van der Waals surface area contributed by atoms with Crippen molar-refractivity contribution in [3.63, 3.8) is 0 Å². The van der Waals surface area contributed by atoms with Gasteiger partial charge < -0.3 is 9.64 Å². The molecule has 2 aromatic carbocycles. The van der Waals surface area contributed by atoms with Crippen LogP contribution in [0.25, 0.3) is 0 Å². The van der Waals surface area contributed by atoms with E-state index in [9.17, 15) is 4.79 Å². The van der Waals surface area contributed by atoms with E-state index in [1.165, 1.54) is 11.1 Å². The second-order valence-corrected chi connectivity index (χ2v) is 5.93. The van der Waals surface area contributed by atoms with Gasteiger partial charge in [-0.15, -0.1) is 0 Å². The predicted molar refractivity (Wildman–Crippen MR) is 87.1 cm³/mol. The van der Waals surface area contributed by atoms with Gasteiger partial charge in [-0.25, -0.2) is 0 Å². The quantitative estimate of drug-likeness (QED) is 0.864. The lowest BCUT2D eigenvalue weighted by Crippen LogP contribution is -2.43. The normalized spacial score (nSPS) is 15.1. The summed E-state index contributed by atoms with van der Waals surface area (Å²) in [5.74, 6) is 0.673. The van der Waals surface area contributed by atoms with E-state index in [2.05, 4.69) is 12.1 Å². The van der Waals surface area contributed by atoms with Crippen LogP contribution in [0.5, 0.6) is 5.75 Å². The number of rotatable bonds is 3. The highest BCUT2D eigenvalue weighted by Crippen LogP contribution is 2.21. The van der Waals surface area contributed by atoms with Gasteiger partial charge in [0.1, 0.15) is 5.75 Å². The number of amides is 1. The molecule has 4 heteroatoms. The molecule has 22 heavy (non-hydrogen) atoms. The van der Waals surface area contributed by atoms with Crippen molar-refractivity contribution in [1.29, 1.82) is 0 Å². The fourth-order valence-electron chi connectivity index (χ4n) is 2.71. The maximum atomic E-state index is 12.6. The standard InChI is InChI=1S/C18H18ClNO2/c1-13(22-17-8-6-16(19)7-9-17)18(21)20-11-10-14-4-2-3-5-15(14)12-20/h2-9,13H,10-12H2,1H3. The fourth-order valence-corrected chi connectivity index (χ4v) is 2.83. The average molecular weight is 316 g/mol. The van der Waals surface area contributed by atoms with Crippen LogP contribution in [-0.2, 0) is 17.8 Å². The molecule has 0 aromatic heterocycles. The summed E-state index contributed by atoms with van der Waals surface area (Å²) in [4.78, 5) is 14.4. The van der Waals surface area contributed by atoms with Crippen LogP contribution in [0.2, 0.25) is 5.02 Å². The van der Waals surface area contributed by atoms with E-state index in [1.807, 2.05) is 17.0 Å². The molecule has 0 spiro atoms. The van der Waals surface area contributed by atoms with Crippen molar-refractivity contribution in [3.8, 4) is 5.75 Å². The van der Waals surface area contributed by atoms with E-state index < -0.39 is 6.10 Å². The lowest BCUT2D eigenvalue weighted by molar-refractivity contribution is -0.138. The highest BCUT2D eigenvalue weighted by molar-refractivity contribution is 6.30. The van der Waals surface area contributed by atoms with Crippen molar-refractivity contribution in [2.24, 2.45) is 0 Å². The monoisotopic (exact) mass is 315 g/mol. The number of nitrogens with zero attached hydrogens (tertiary/aromatic N) is 1. The Morgan fingerprint density at radius 2 is 1.82 bits per heavy atom. The van der Waals surface area contributed by atoms with E-state index in [0.717, 1.165) is 13.0 Å². The van der Waals surface area contributed by atoms with Crippen molar-refractivity contribution in [3.05, 3.63) is 64.7 Å². The van der Waals surface area contributed by atoms with Crippen molar-refractivity contribution in [1.82, 2.24) is 4.90 Å². The Balaban J connectivity index is 1.65. The smallest absolute Gasteiger partial charge is 0.263 e. The Bertz CT molecular complexity index is 669. The first-order chi connectivity index (χ1) is 10.6. The summed E-state index contributed by atoms with van der Waals surface area (Å²) in [6.07, 6.45) is 0.390. The number of hydrogen-bond donors (Lipinski definition) is 0. The maximum Gasteiger partial charge on any atom is 0.263 e. The average Bonchev–Trinajstić information content (AvgIpc) is 2.55. The van der Waals surface area contributed by atoms with Crippen LogP contribution >= 0.6 is 11.6 Å². The van der Waals surface area contributed by atoms with Gasteiger partial charge in [0.05, 0.1) is 0 Å². The van der Waals surface area contributed by atoms with Crippen LogP contribution in [-0.4, -0.2) is 23.5 Å². The lowest BCUT2D eigenvalue weighted by atomic mass is 9.99. The van der Waals surface area contributed by atoms with Gasteiger partial charge in [0.2, 0.25) is 0 Å². The topological polar surface area (TPSA) is 29.5 Å². The van der Waals surface area contributed by atoms with E-state index in [1.54, 1.807) is 31.2 Å². The number of benzene rings is 2. The number of carbonyl (C=O) groups is 1. The molecule has 1 aliphatic rings. The summed E-state index contributed by atoms with van der Waals surface area (Å²) in [5.41, 5.74) is 2.55. The van der Waals surface area contributed by atoms with Crippen LogP contribution in [0.3, 0.4) is 0 Å². The molecule has 0 aliphatic carbocycles. The van der Waals surface area contributed by atoms with Gasteiger partial charge in [-0.2, -0.15) is 0 Å². The maximum absolute atomic E-state index is 12.6. The molecule has 3 nitrogen and oxygen atoms in total. The summed E-state index contributed by atoms with van der Waals surface area (Å²) in [7, 11) is 0. The first-order valence-electron chi connectivity index (χ1n) is 7.41. The van der Waals surface area contributed by atoms with Gasteiger partial charge in [0, 0.05) is 18.1 Å². The van der Waals surface area contributed by atoms with E-state index >= 15 is 0 Å². The van der Waals surface area contributed by atoms with Crippen LogP contribution in [0, 0.1) is 0 Å². The molecule has 0 fully saturated rings. The predicted octanol–water partition coefficient (Wildman–Crippen LogP) is 3.69. The molecule has 2 aromatic rings. The highest BCUT2D eigenvalue weighted by atomic mass is 35.5. The van der Waals surface area contributed by atoms with Gasteiger partial charge >= 0.3 is 0 Å². The Labute approximate surface area is 135 Å². The van der Waals surface area contributed by atoms with Gasteiger partial charge in [-0.05, 0) is 48.7 Å². The molecule has 0 N–H and O–H groups in total. The van der Waals surface area contributed by atoms with E-state index in [-0.39, 0.29) is 5.91 Å². The molecule has 1 amide bonds. The summed E-state index contributed by atoms with van der Waals surface area (Å²) >= 11 is 5.85. The Morgan fingerprint density at radius 3 is 2.55 bits per heavy atom. The summed E-state index contributed by atoms with van der Waals surface area (Å²) in [6, 6.07) is 15.3. The van der Waals surface area contributed by atoms with Gasteiger partial charge in [-0.1, -0.05) is 35.9 Å². The molecule has 0 radical (unpaired) electrons. The van der Waals surface area contributed by atoms with Crippen LogP contribution in [0.15, 0.2) is 48.5 Å². The summed E-state index contributed by atoms with van der Waals surface area (Å²) in [6.45, 7) is 3.19. The zero-order chi connectivity index (χ0) is 15.5. The third kappa shape index (κ3) is 3.25. The number of hydrogen-bond acceptors (Lipinski definition) is 2. The van der Waals surface area contributed by atoms with E-state index in [4.69, 9.17) is 16.3 Å². The first kappa shape index (κ1) is 14.9. The lowest BCUT2D eigenvalue weighted by Gasteiger charge is -2.31. The Morgan fingerprint density at radius 1 is 1.14 bits per heavy atom. The fraction of sp³-hybridized carbons (Fsp3) is 0.278. The number of carbonyl (C=O) groups excluding carboxylic acids is 1. The summed E-state index contributed by atoms with van der Waals surface area (Å²) < 4.78 is 5.72. The zero-order valence-electron chi connectivity index (χ0n) is 12.5. The molecule has 1 unspecified atom stereocenters. The van der Waals surface area contributed by atoms with Crippen molar-refractivity contribution in [2.75, 3.05) is 6.54 Å². The molecule has 0 saturated carbocycles. The van der Waals surface area contributed by atoms with Crippen LogP contribution in [0.4, 0.5) is 0 Å². The molecular weight excluding hydrogens is 298 g/mol. The third-order valence-corrected chi connectivity index (χ3v) is 4.17. The van der Waals surface area contributed by atoms with Crippen molar-refractivity contribution >= 4 is 17.5 Å². The largest absolute Gasteiger partial charge is 0.481 e. The minimum atomic E-state index is -0.508. The molecule has 1 aliphatic heterocycles. The molecule has 3 rings (SSSR count). The number of ether oxygens (including phenoxy) is 1. The molecule has 1 heterocycles. The second-order valence-electron chi connectivity index (χ2n) is 5.49. The second kappa shape index (κ2) is 6.41. The van der Waals surface area contributed by atoms with Gasteiger partial charge in [0.15, 0.2) is 6.10 Å². The number of fused-ring (bicyclic) bond motifs is 1. The highest BCUT2D eigenvalue weighted by Gasteiger charge is 2.25. The van der Waals surface area contributed by atoms with Crippen LogP contribution < -0.4 is 4.74 Å². The molecule has 1 atom stereocenters. The summed E-state index contributed by atoms with van der Waals surface area (Å²) in [5, 5.41) is 0.652. The third-order valence-electron chi connectivity index (χ3n) is 3.92. The van der Waals surface area contributed by atoms with E-state index in [0.29, 0.717) is 17.3 Å². The first-order valence-corrected chi connectivity index (χ1v) is 7.79.